The molecular weight excluding hydrogens is 609 g/mol. The molecule has 3 aromatic carbocycles. The molecule has 168 valence electrons. The Hall–Kier alpha value is -0.580. The lowest BCUT2D eigenvalue weighted by Gasteiger charge is -2.19. The summed E-state index contributed by atoms with van der Waals surface area (Å²) in [6, 6.07) is 10.2. The van der Waals surface area contributed by atoms with Gasteiger partial charge in [0.05, 0.1) is 45.2 Å². The van der Waals surface area contributed by atoms with Gasteiger partial charge in [0.1, 0.15) is 0 Å². The van der Waals surface area contributed by atoms with Gasteiger partial charge in [0.25, 0.3) is 0 Å². The minimum Gasteiger partial charge on any atom is -0.263 e. The van der Waals surface area contributed by atoms with Crippen molar-refractivity contribution in [1.82, 2.24) is 4.98 Å². The van der Waals surface area contributed by atoms with Gasteiger partial charge in [-0.05, 0) is 18.2 Å². The molecular formula is C23H8Cl9N. The molecule has 10 heteroatoms. The fourth-order valence-electron chi connectivity index (χ4n) is 3.35. The Morgan fingerprint density at radius 2 is 0.697 bits per heavy atom. The molecule has 1 nitrogen and oxygen atoms in total. The lowest BCUT2D eigenvalue weighted by molar-refractivity contribution is 1.33. The molecule has 0 spiro atoms. The highest BCUT2D eigenvalue weighted by atomic mass is 35.5. The number of rotatable bonds is 3. The monoisotopic (exact) mass is 613 g/mol. The van der Waals surface area contributed by atoms with E-state index in [0.717, 1.165) is 0 Å². The highest BCUT2D eigenvalue weighted by Crippen LogP contribution is 2.50. The Kier molecular flexibility index (Phi) is 7.88. The zero-order valence-electron chi connectivity index (χ0n) is 16.0. The lowest BCUT2D eigenvalue weighted by atomic mass is 9.89. The van der Waals surface area contributed by atoms with Gasteiger partial charge in [-0.2, -0.15) is 0 Å². The van der Waals surface area contributed by atoms with Gasteiger partial charge in [-0.25, -0.2) is 0 Å². The summed E-state index contributed by atoms with van der Waals surface area (Å²) in [6.45, 7) is 0. The second-order valence-corrected chi connectivity index (χ2v) is 10.3. The van der Waals surface area contributed by atoms with Gasteiger partial charge in [0.2, 0.25) is 0 Å². The summed E-state index contributed by atoms with van der Waals surface area (Å²) in [4.78, 5) is 4.41. The molecule has 0 bridgehead atoms. The number of pyridine rings is 1. The maximum atomic E-state index is 6.65. The topological polar surface area (TPSA) is 12.9 Å². The van der Waals surface area contributed by atoms with Crippen molar-refractivity contribution in [3.8, 4) is 33.4 Å². The summed E-state index contributed by atoms with van der Waals surface area (Å²) in [5.41, 5.74) is 3.58. The van der Waals surface area contributed by atoms with Crippen LogP contribution in [0, 0.1) is 0 Å². The van der Waals surface area contributed by atoms with Crippen LogP contribution in [0.15, 0.2) is 48.8 Å². The smallest absolute Gasteiger partial charge is 0.0784 e. The molecule has 0 aliphatic carbocycles. The van der Waals surface area contributed by atoms with E-state index < -0.39 is 0 Å². The van der Waals surface area contributed by atoms with Crippen LogP contribution >= 0.6 is 104 Å². The Bertz CT molecular complexity index is 1340. The average molecular weight is 617 g/mol. The molecule has 0 unspecified atom stereocenters. The van der Waals surface area contributed by atoms with Crippen molar-refractivity contribution < 1.29 is 0 Å². The van der Waals surface area contributed by atoms with Gasteiger partial charge < -0.3 is 0 Å². The summed E-state index contributed by atoms with van der Waals surface area (Å²) >= 11 is 57.3. The second kappa shape index (κ2) is 10.2. The quantitative estimate of drug-likeness (QED) is 0.209. The molecule has 1 heterocycles. The second-order valence-electron chi connectivity index (χ2n) is 6.78. The van der Waals surface area contributed by atoms with Crippen LogP contribution in [0.4, 0.5) is 0 Å². The predicted octanol–water partition coefficient (Wildman–Crippen LogP) is 12.0. The summed E-state index contributed by atoms with van der Waals surface area (Å²) < 4.78 is 0. The van der Waals surface area contributed by atoms with E-state index in [1.807, 2.05) is 0 Å². The van der Waals surface area contributed by atoms with Gasteiger partial charge in [0, 0.05) is 45.8 Å². The summed E-state index contributed by atoms with van der Waals surface area (Å²) in [7, 11) is 0. The van der Waals surface area contributed by atoms with E-state index in [0.29, 0.717) is 48.4 Å². The van der Waals surface area contributed by atoms with Crippen molar-refractivity contribution in [1.29, 1.82) is 0 Å². The number of halogens is 9. The van der Waals surface area contributed by atoms with Crippen LogP contribution in [0.2, 0.25) is 45.2 Å². The first kappa shape index (κ1) is 25.5. The third-order valence-electron chi connectivity index (χ3n) is 4.90. The molecule has 0 saturated heterocycles. The molecule has 4 rings (SSSR count). The van der Waals surface area contributed by atoms with Crippen LogP contribution in [-0.2, 0) is 0 Å². The van der Waals surface area contributed by atoms with Crippen molar-refractivity contribution in [2.24, 2.45) is 0 Å². The Labute approximate surface area is 235 Å². The standard InChI is InChI=1S/C23H8Cl9N/c24-14-4-1-9(18(27)21(14)30)12-7-33-8-13(10-2-5-15(25)22(31)19(10)28)17(12)11-3-6-16(26)23(32)20(11)29/h1-8H. The fraction of sp³-hybridized carbons (Fsp3) is 0. The predicted molar refractivity (Wildman–Crippen MR) is 146 cm³/mol. The van der Waals surface area contributed by atoms with E-state index in [1.54, 1.807) is 48.8 Å². The molecule has 33 heavy (non-hydrogen) atoms. The van der Waals surface area contributed by atoms with E-state index in [-0.39, 0.29) is 30.1 Å². The zero-order valence-corrected chi connectivity index (χ0v) is 22.8. The van der Waals surface area contributed by atoms with E-state index in [4.69, 9.17) is 104 Å². The molecule has 0 radical (unpaired) electrons. The molecule has 0 atom stereocenters. The summed E-state index contributed by atoms with van der Waals surface area (Å²) in [5, 5.41) is 2.30. The van der Waals surface area contributed by atoms with Crippen molar-refractivity contribution in [3.05, 3.63) is 94.0 Å². The number of hydrogen-bond acceptors (Lipinski definition) is 1. The maximum Gasteiger partial charge on any atom is 0.0784 e. The lowest BCUT2D eigenvalue weighted by Crippen LogP contribution is -1.95. The van der Waals surface area contributed by atoms with Gasteiger partial charge >= 0.3 is 0 Å². The number of benzene rings is 3. The molecule has 1 aromatic heterocycles. The third kappa shape index (κ3) is 4.66. The largest absolute Gasteiger partial charge is 0.263 e. The fourth-order valence-corrected chi connectivity index (χ4v) is 5.25. The third-order valence-corrected chi connectivity index (χ3v) is 8.78. The molecule has 0 N–H and O–H groups in total. The highest BCUT2D eigenvalue weighted by Gasteiger charge is 2.23. The Morgan fingerprint density at radius 1 is 0.364 bits per heavy atom. The molecule has 0 fully saturated rings. The molecule has 0 amide bonds. The van der Waals surface area contributed by atoms with Crippen LogP contribution in [0.5, 0.6) is 0 Å². The van der Waals surface area contributed by atoms with Crippen LogP contribution < -0.4 is 0 Å². The Balaban J connectivity index is 2.15. The number of aromatic nitrogens is 1. The minimum absolute atomic E-state index is 0.199. The number of hydrogen-bond donors (Lipinski definition) is 0. The van der Waals surface area contributed by atoms with Crippen LogP contribution in [0.3, 0.4) is 0 Å². The van der Waals surface area contributed by atoms with Crippen molar-refractivity contribution in [2.45, 2.75) is 0 Å². The van der Waals surface area contributed by atoms with E-state index in [2.05, 4.69) is 4.98 Å². The average Bonchev–Trinajstić information content (AvgIpc) is 2.80. The summed E-state index contributed by atoms with van der Waals surface area (Å²) in [5.74, 6) is 0. The molecule has 0 saturated carbocycles. The maximum absolute atomic E-state index is 6.65. The van der Waals surface area contributed by atoms with Gasteiger partial charge in [0.15, 0.2) is 0 Å². The van der Waals surface area contributed by atoms with Crippen molar-refractivity contribution >= 4 is 104 Å². The minimum atomic E-state index is 0.199. The normalized spacial score (nSPS) is 11.2. The highest BCUT2D eigenvalue weighted by molar-refractivity contribution is 6.51. The van der Waals surface area contributed by atoms with Crippen LogP contribution in [0.25, 0.3) is 33.4 Å². The molecule has 0 aliphatic rings. The van der Waals surface area contributed by atoms with E-state index in [1.165, 1.54) is 0 Å². The molecule has 0 aliphatic heterocycles. The first-order chi connectivity index (χ1) is 15.6. The van der Waals surface area contributed by atoms with Gasteiger partial charge in [-0.3, -0.25) is 4.98 Å². The van der Waals surface area contributed by atoms with E-state index >= 15 is 0 Å². The van der Waals surface area contributed by atoms with E-state index in [9.17, 15) is 0 Å². The Morgan fingerprint density at radius 3 is 1.09 bits per heavy atom. The van der Waals surface area contributed by atoms with Crippen LogP contribution in [0.1, 0.15) is 0 Å². The van der Waals surface area contributed by atoms with Crippen LogP contribution in [-0.4, -0.2) is 4.98 Å². The first-order valence-electron chi connectivity index (χ1n) is 9.03. The van der Waals surface area contributed by atoms with Crippen molar-refractivity contribution in [3.63, 3.8) is 0 Å². The van der Waals surface area contributed by atoms with Gasteiger partial charge in [-0.15, -0.1) is 0 Å². The zero-order chi connectivity index (χ0) is 24.0. The SMILES string of the molecule is Clc1ccc(-c2cncc(-c3ccc(Cl)c(Cl)c3Cl)c2-c2ccc(Cl)c(Cl)c2Cl)c(Cl)c1Cl. The molecule has 4 aromatic rings. The number of nitrogens with zero attached hydrogens (tertiary/aromatic N) is 1. The van der Waals surface area contributed by atoms with Gasteiger partial charge in [-0.1, -0.05) is 123 Å². The first-order valence-corrected chi connectivity index (χ1v) is 12.4. The van der Waals surface area contributed by atoms with Crippen molar-refractivity contribution in [2.75, 3.05) is 0 Å². The summed E-state index contributed by atoms with van der Waals surface area (Å²) in [6.07, 6.45) is 3.27.